The van der Waals surface area contributed by atoms with Crippen LogP contribution in [0.4, 0.5) is 0 Å². The average molecular weight is 502 g/mol. The standard InChI is InChI=1S/C30H35N3O4/c1-23-11-10-16-27(19-23)37-30-28(29(31-32(30)2)24-12-6-4-7-13-24)21-33(17-18-35-3)20-25(34)22-36-26-14-8-5-9-15-26/h4-16,19,25,34H,17-18,20-22H2,1-3H3/t25-/m1/s1. The molecule has 4 aromatic rings. The van der Waals surface area contributed by atoms with Crippen molar-refractivity contribution in [3.63, 3.8) is 0 Å². The van der Waals surface area contributed by atoms with Gasteiger partial charge in [-0.15, -0.1) is 0 Å². The highest BCUT2D eigenvalue weighted by molar-refractivity contribution is 5.65. The normalized spacial score (nSPS) is 12.0. The van der Waals surface area contributed by atoms with E-state index in [2.05, 4.69) is 4.90 Å². The zero-order valence-electron chi connectivity index (χ0n) is 21.7. The number of para-hydroxylation sites is 1. The van der Waals surface area contributed by atoms with Crippen LogP contribution < -0.4 is 9.47 Å². The van der Waals surface area contributed by atoms with Crippen molar-refractivity contribution in [2.75, 3.05) is 33.4 Å². The van der Waals surface area contributed by atoms with Crippen molar-refractivity contribution in [2.24, 2.45) is 7.05 Å². The van der Waals surface area contributed by atoms with Crippen LogP contribution in [-0.2, 0) is 18.3 Å². The summed E-state index contributed by atoms with van der Waals surface area (Å²) >= 11 is 0. The Bertz CT molecular complexity index is 1240. The van der Waals surface area contributed by atoms with Gasteiger partial charge in [-0.2, -0.15) is 5.10 Å². The van der Waals surface area contributed by atoms with Gasteiger partial charge in [0.25, 0.3) is 0 Å². The molecule has 0 saturated heterocycles. The molecule has 1 heterocycles. The molecule has 0 spiro atoms. The van der Waals surface area contributed by atoms with Gasteiger partial charge in [-0.25, -0.2) is 4.68 Å². The Kier molecular flexibility index (Phi) is 9.32. The van der Waals surface area contributed by atoms with Crippen molar-refractivity contribution in [3.05, 3.63) is 96.1 Å². The molecule has 0 saturated carbocycles. The van der Waals surface area contributed by atoms with E-state index in [1.54, 1.807) is 11.8 Å². The number of aliphatic hydroxyl groups is 1. The summed E-state index contributed by atoms with van der Waals surface area (Å²) in [6, 6.07) is 27.6. The number of hydrogen-bond acceptors (Lipinski definition) is 6. The van der Waals surface area contributed by atoms with E-state index >= 15 is 0 Å². The molecule has 0 aliphatic heterocycles. The lowest BCUT2D eigenvalue weighted by atomic mass is 10.1. The Morgan fingerprint density at radius 1 is 0.946 bits per heavy atom. The highest BCUT2D eigenvalue weighted by Gasteiger charge is 2.23. The third-order valence-electron chi connectivity index (χ3n) is 5.99. The smallest absolute Gasteiger partial charge is 0.222 e. The van der Waals surface area contributed by atoms with Crippen molar-refractivity contribution >= 4 is 0 Å². The SMILES string of the molecule is COCCN(Cc1c(-c2ccccc2)nn(C)c1Oc1cccc(C)c1)C[C@@H](O)COc1ccccc1. The molecule has 7 nitrogen and oxygen atoms in total. The van der Waals surface area contributed by atoms with Crippen LogP contribution >= 0.6 is 0 Å². The molecular formula is C30H35N3O4. The number of aliphatic hydroxyl groups excluding tert-OH is 1. The van der Waals surface area contributed by atoms with Gasteiger partial charge in [-0.1, -0.05) is 60.7 Å². The lowest BCUT2D eigenvalue weighted by Crippen LogP contribution is -2.37. The molecule has 0 amide bonds. The Morgan fingerprint density at radius 3 is 2.35 bits per heavy atom. The molecule has 0 aliphatic carbocycles. The molecule has 1 N–H and O–H groups in total. The second-order valence-electron chi connectivity index (χ2n) is 9.05. The van der Waals surface area contributed by atoms with Crippen LogP contribution in [0.25, 0.3) is 11.3 Å². The topological polar surface area (TPSA) is 69.0 Å². The number of aromatic nitrogens is 2. The number of nitrogens with zero attached hydrogens (tertiary/aromatic N) is 3. The van der Waals surface area contributed by atoms with Crippen molar-refractivity contribution < 1.29 is 19.3 Å². The molecule has 0 bridgehead atoms. The fraction of sp³-hybridized carbons (Fsp3) is 0.300. The Morgan fingerprint density at radius 2 is 1.65 bits per heavy atom. The summed E-state index contributed by atoms with van der Waals surface area (Å²) in [6.45, 7) is 4.32. The van der Waals surface area contributed by atoms with Crippen LogP contribution in [0.2, 0.25) is 0 Å². The number of aryl methyl sites for hydroxylation is 2. The maximum absolute atomic E-state index is 10.8. The van der Waals surface area contributed by atoms with Crippen molar-refractivity contribution in [2.45, 2.75) is 19.6 Å². The summed E-state index contributed by atoms with van der Waals surface area (Å²) in [7, 11) is 3.57. The number of benzene rings is 3. The number of rotatable bonds is 13. The highest BCUT2D eigenvalue weighted by Crippen LogP contribution is 2.34. The maximum atomic E-state index is 10.8. The van der Waals surface area contributed by atoms with Crippen LogP contribution in [0.15, 0.2) is 84.9 Å². The van der Waals surface area contributed by atoms with E-state index in [0.717, 1.165) is 33.9 Å². The molecule has 1 atom stereocenters. The van der Waals surface area contributed by atoms with E-state index in [-0.39, 0.29) is 6.61 Å². The summed E-state index contributed by atoms with van der Waals surface area (Å²) in [4.78, 5) is 2.15. The number of ether oxygens (including phenoxy) is 3. The fourth-order valence-corrected chi connectivity index (χ4v) is 4.18. The molecule has 4 rings (SSSR count). The average Bonchev–Trinajstić information content (AvgIpc) is 3.21. The maximum Gasteiger partial charge on any atom is 0.222 e. The molecule has 7 heteroatoms. The first kappa shape index (κ1) is 26.4. The first-order chi connectivity index (χ1) is 18.0. The Hall–Kier alpha value is -3.65. The van der Waals surface area contributed by atoms with Crippen LogP contribution in [0, 0.1) is 6.92 Å². The van der Waals surface area contributed by atoms with E-state index in [1.165, 1.54) is 0 Å². The largest absolute Gasteiger partial charge is 0.491 e. The summed E-state index contributed by atoms with van der Waals surface area (Å²) in [6.07, 6.45) is -0.685. The minimum Gasteiger partial charge on any atom is -0.491 e. The summed E-state index contributed by atoms with van der Waals surface area (Å²) in [5, 5.41) is 15.7. The molecule has 0 radical (unpaired) electrons. The van der Waals surface area contributed by atoms with Crippen LogP contribution in [0.1, 0.15) is 11.1 Å². The van der Waals surface area contributed by atoms with Crippen LogP contribution in [-0.4, -0.2) is 59.3 Å². The summed E-state index contributed by atoms with van der Waals surface area (Å²) < 4.78 is 19.3. The molecule has 3 aromatic carbocycles. The van der Waals surface area contributed by atoms with Gasteiger partial charge in [0, 0.05) is 39.4 Å². The second kappa shape index (κ2) is 13.1. The summed E-state index contributed by atoms with van der Waals surface area (Å²) in [5.74, 6) is 2.16. The zero-order valence-corrected chi connectivity index (χ0v) is 21.7. The van der Waals surface area contributed by atoms with Gasteiger partial charge < -0.3 is 19.3 Å². The Balaban J connectivity index is 1.60. The molecule has 0 fully saturated rings. The minimum absolute atomic E-state index is 0.193. The molecule has 0 unspecified atom stereocenters. The number of methoxy groups -OCH3 is 1. The molecule has 37 heavy (non-hydrogen) atoms. The first-order valence-corrected chi connectivity index (χ1v) is 12.5. The van der Waals surface area contributed by atoms with Gasteiger partial charge >= 0.3 is 0 Å². The molecule has 0 aliphatic rings. The molecule has 1 aromatic heterocycles. The van der Waals surface area contributed by atoms with Crippen LogP contribution in [0.5, 0.6) is 17.4 Å². The number of hydrogen-bond donors (Lipinski definition) is 1. The second-order valence-corrected chi connectivity index (χ2v) is 9.05. The van der Waals surface area contributed by atoms with Gasteiger partial charge in [-0.3, -0.25) is 4.90 Å². The predicted octanol–water partition coefficient (Wildman–Crippen LogP) is 5.08. The highest BCUT2D eigenvalue weighted by atomic mass is 16.5. The molecular weight excluding hydrogens is 466 g/mol. The van der Waals surface area contributed by atoms with E-state index in [0.29, 0.717) is 32.1 Å². The van der Waals surface area contributed by atoms with E-state index in [1.807, 2.05) is 98.9 Å². The minimum atomic E-state index is -0.685. The van der Waals surface area contributed by atoms with Gasteiger partial charge in [0.2, 0.25) is 5.88 Å². The van der Waals surface area contributed by atoms with Gasteiger partial charge in [0.1, 0.15) is 29.9 Å². The monoisotopic (exact) mass is 501 g/mol. The third kappa shape index (κ3) is 7.43. The van der Waals surface area contributed by atoms with Crippen molar-refractivity contribution in [1.29, 1.82) is 0 Å². The van der Waals surface area contributed by atoms with E-state index in [4.69, 9.17) is 19.3 Å². The lowest BCUT2D eigenvalue weighted by Gasteiger charge is -2.25. The predicted molar refractivity (Wildman–Crippen MR) is 145 cm³/mol. The Labute approximate surface area is 218 Å². The first-order valence-electron chi connectivity index (χ1n) is 12.5. The lowest BCUT2D eigenvalue weighted by molar-refractivity contribution is 0.0540. The third-order valence-corrected chi connectivity index (χ3v) is 5.99. The van der Waals surface area contributed by atoms with E-state index in [9.17, 15) is 5.11 Å². The zero-order chi connectivity index (χ0) is 26.0. The fourth-order valence-electron chi connectivity index (χ4n) is 4.18. The molecule has 194 valence electrons. The van der Waals surface area contributed by atoms with Crippen molar-refractivity contribution in [1.82, 2.24) is 14.7 Å². The van der Waals surface area contributed by atoms with Gasteiger partial charge in [-0.05, 0) is 36.8 Å². The van der Waals surface area contributed by atoms with E-state index < -0.39 is 6.10 Å². The van der Waals surface area contributed by atoms with Crippen LogP contribution in [0.3, 0.4) is 0 Å². The van der Waals surface area contributed by atoms with Gasteiger partial charge in [0.15, 0.2) is 0 Å². The van der Waals surface area contributed by atoms with Crippen molar-refractivity contribution in [3.8, 4) is 28.6 Å². The quantitative estimate of drug-likeness (QED) is 0.276. The summed E-state index contributed by atoms with van der Waals surface area (Å²) in [5.41, 5.74) is 3.92. The van der Waals surface area contributed by atoms with Gasteiger partial charge in [0.05, 0.1) is 12.2 Å².